The summed E-state index contributed by atoms with van der Waals surface area (Å²) in [6.45, 7) is 6.99. The molecule has 0 saturated heterocycles. The molecule has 1 N–H and O–H groups in total. The number of rotatable bonds is 11. The van der Waals surface area contributed by atoms with Crippen LogP contribution in [0.15, 0.2) is 0 Å². The van der Waals surface area contributed by atoms with Crippen molar-refractivity contribution in [1.29, 1.82) is 0 Å². The van der Waals surface area contributed by atoms with E-state index in [0.29, 0.717) is 19.3 Å². The summed E-state index contributed by atoms with van der Waals surface area (Å²) in [5.41, 5.74) is 0. The molecule has 19 heavy (non-hydrogen) atoms. The van der Waals surface area contributed by atoms with Crippen LogP contribution in [0.2, 0.25) is 0 Å². The molecule has 1 fully saturated rings. The van der Waals surface area contributed by atoms with E-state index in [4.69, 9.17) is 14.2 Å². The molecule has 1 aliphatic rings. The molecule has 0 spiro atoms. The summed E-state index contributed by atoms with van der Waals surface area (Å²) < 4.78 is 15.9. The van der Waals surface area contributed by atoms with Gasteiger partial charge in [0.25, 0.3) is 0 Å². The van der Waals surface area contributed by atoms with E-state index in [2.05, 4.69) is 12.2 Å². The summed E-state index contributed by atoms with van der Waals surface area (Å²) in [4.78, 5) is 0. The van der Waals surface area contributed by atoms with Crippen LogP contribution in [0.3, 0.4) is 0 Å². The van der Waals surface area contributed by atoms with Gasteiger partial charge in [-0.2, -0.15) is 0 Å². The Morgan fingerprint density at radius 2 is 1.68 bits per heavy atom. The zero-order valence-corrected chi connectivity index (χ0v) is 12.7. The van der Waals surface area contributed by atoms with E-state index in [1.54, 1.807) is 7.11 Å². The van der Waals surface area contributed by atoms with Crippen LogP contribution in [0.5, 0.6) is 0 Å². The molecule has 0 aromatic heterocycles. The van der Waals surface area contributed by atoms with Gasteiger partial charge in [0, 0.05) is 32.9 Å². The van der Waals surface area contributed by atoms with E-state index in [-0.39, 0.29) is 0 Å². The van der Waals surface area contributed by atoms with Crippen LogP contribution in [0, 0.1) is 5.92 Å². The molecule has 0 bridgehead atoms. The van der Waals surface area contributed by atoms with Crippen molar-refractivity contribution in [3.05, 3.63) is 0 Å². The molecule has 0 radical (unpaired) electrons. The third-order valence-corrected chi connectivity index (χ3v) is 3.77. The molecule has 1 saturated carbocycles. The summed E-state index contributed by atoms with van der Waals surface area (Å²) in [6, 6.07) is 0.697. The number of hydrogen-bond acceptors (Lipinski definition) is 4. The summed E-state index contributed by atoms with van der Waals surface area (Å²) in [5.74, 6) is 0.817. The molecule has 114 valence electrons. The maximum Gasteiger partial charge on any atom is 0.0701 e. The van der Waals surface area contributed by atoms with Crippen molar-refractivity contribution in [3.8, 4) is 0 Å². The lowest BCUT2D eigenvalue weighted by Gasteiger charge is -2.29. The number of methoxy groups -OCH3 is 1. The van der Waals surface area contributed by atoms with Crippen molar-refractivity contribution < 1.29 is 14.2 Å². The lowest BCUT2D eigenvalue weighted by molar-refractivity contribution is 0.0396. The maximum atomic E-state index is 5.55. The highest BCUT2D eigenvalue weighted by Crippen LogP contribution is 2.23. The number of nitrogens with one attached hydrogen (secondary N) is 1. The first-order valence-corrected chi connectivity index (χ1v) is 7.72. The molecule has 0 aromatic carbocycles. The highest BCUT2D eigenvalue weighted by Gasteiger charge is 2.19. The Labute approximate surface area is 118 Å². The zero-order chi connectivity index (χ0) is 13.8. The van der Waals surface area contributed by atoms with E-state index >= 15 is 0 Å². The van der Waals surface area contributed by atoms with Gasteiger partial charge in [-0.15, -0.1) is 0 Å². The van der Waals surface area contributed by atoms with Crippen LogP contribution in [0.4, 0.5) is 0 Å². The largest absolute Gasteiger partial charge is 0.385 e. The van der Waals surface area contributed by atoms with E-state index < -0.39 is 0 Å². The first-order valence-electron chi connectivity index (χ1n) is 7.72. The molecular formula is C15H31NO3. The molecule has 1 aliphatic carbocycles. The van der Waals surface area contributed by atoms with Gasteiger partial charge >= 0.3 is 0 Å². The Bertz CT molecular complexity index is 202. The van der Waals surface area contributed by atoms with Crippen LogP contribution < -0.4 is 5.32 Å². The maximum absolute atomic E-state index is 5.55. The fraction of sp³-hybridized carbons (Fsp3) is 1.00. The molecule has 0 aromatic rings. The molecule has 4 nitrogen and oxygen atoms in total. The van der Waals surface area contributed by atoms with Crippen molar-refractivity contribution in [1.82, 2.24) is 5.32 Å². The third-order valence-electron chi connectivity index (χ3n) is 3.77. The van der Waals surface area contributed by atoms with Gasteiger partial charge < -0.3 is 19.5 Å². The van der Waals surface area contributed by atoms with Crippen molar-refractivity contribution in [2.45, 2.75) is 45.1 Å². The van der Waals surface area contributed by atoms with E-state index in [1.807, 2.05) is 0 Å². The minimum atomic E-state index is 0.684. The topological polar surface area (TPSA) is 39.7 Å². The van der Waals surface area contributed by atoms with Crippen LogP contribution in [0.25, 0.3) is 0 Å². The predicted octanol–water partition coefficient (Wildman–Crippen LogP) is 2.22. The van der Waals surface area contributed by atoms with E-state index in [9.17, 15) is 0 Å². The Balaban J connectivity index is 1.80. The predicted molar refractivity (Wildman–Crippen MR) is 77.6 cm³/mol. The van der Waals surface area contributed by atoms with Gasteiger partial charge in [-0.1, -0.05) is 19.8 Å². The molecule has 4 heteroatoms. The lowest BCUT2D eigenvalue weighted by Crippen LogP contribution is -2.39. The summed E-state index contributed by atoms with van der Waals surface area (Å²) in [7, 11) is 1.71. The summed E-state index contributed by atoms with van der Waals surface area (Å²) in [6.07, 6.45) is 6.42. The van der Waals surface area contributed by atoms with Crippen LogP contribution in [-0.2, 0) is 14.2 Å². The monoisotopic (exact) mass is 273 g/mol. The quantitative estimate of drug-likeness (QED) is 0.586. The molecule has 0 aliphatic heterocycles. The Hall–Kier alpha value is -0.160. The molecule has 0 heterocycles. The second-order valence-electron chi connectivity index (χ2n) is 5.39. The fourth-order valence-electron chi connectivity index (χ4n) is 2.56. The molecule has 2 atom stereocenters. The van der Waals surface area contributed by atoms with Gasteiger partial charge in [0.1, 0.15) is 0 Å². The van der Waals surface area contributed by atoms with Gasteiger partial charge in [0.15, 0.2) is 0 Å². The highest BCUT2D eigenvalue weighted by molar-refractivity contribution is 4.77. The van der Waals surface area contributed by atoms with Crippen LogP contribution in [0.1, 0.15) is 39.0 Å². The van der Waals surface area contributed by atoms with E-state index in [1.165, 1.54) is 25.7 Å². The molecule has 2 unspecified atom stereocenters. The van der Waals surface area contributed by atoms with Crippen molar-refractivity contribution in [2.24, 2.45) is 5.92 Å². The van der Waals surface area contributed by atoms with Gasteiger partial charge in [-0.25, -0.2) is 0 Å². The average molecular weight is 273 g/mol. The Kier molecular flexibility index (Phi) is 10.4. The van der Waals surface area contributed by atoms with Gasteiger partial charge in [0.2, 0.25) is 0 Å². The Morgan fingerprint density at radius 1 is 0.947 bits per heavy atom. The third kappa shape index (κ3) is 8.58. The van der Waals surface area contributed by atoms with Gasteiger partial charge in [-0.05, 0) is 25.2 Å². The number of hydrogen-bond donors (Lipinski definition) is 1. The Morgan fingerprint density at radius 3 is 2.42 bits per heavy atom. The van der Waals surface area contributed by atoms with Crippen LogP contribution >= 0.6 is 0 Å². The second-order valence-corrected chi connectivity index (χ2v) is 5.39. The molecular weight excluding hydrogens is 242 g/mol. The summed E-state index contributed by atoms with van der Waals surface area (Å²) in [5, 5.41) is 3.61. The summed E-state index contributed by atoms with van der Waals surface area (Å²) >= 11 is 0. The minimum Gasteiger partial charge on any atom is -0.385 e. The van der Waals surface area contributed by atoms with Crippen LogP contribution in [-0.4, -0.2) is 52.7 Å². The zero-order valence-electron chi connectivity index (χ0n) is 12.7. The van der Waals surface area contributed by atoms with Gasteiger partial charge in [0.05, 0.1) is 19.8 Å². The first-order chi connectivity index (χ1) is 9.34. The van der Waals surface area contributed by atoms with Crippen molar-refractivity contribution in [3.63, 3.8) is 0 Å². The first kappa shape index (κ1) is 16.9. The smallest absolute Gasteiger partial charge is 0.0701 e. The minimum absolute atomic E-state index is 0.684. The molecule has 0 amide bonds. The standard InChI is InChI=1S/C15H31NO3/c1-14-6-3-4-7-15(14)16-8-11-19-13-12-18-10-5-9-17-2/h14-16H,3-13H2,1-2H3. The lowest BCUT2D eigenvalue weighted by atomic mass is 9.86. The van der Waals surface area contributed by atoms with Gasteiger partial charge in [-0.3, -0.25) is 0 Å². The highest BCUT2D eigenvalue weighted by atomic mass is 16.5. The second kappa shape index (κ2) is 11.6. The van der Waals surface area contributed by atoms with E-state index in [0.717, 1.165) is 38.7 Å². The van der Waals surface area contributed by atoms with Crippen molar-refractivity contribution >= 4 is 0 Å². The number of ether oxygens (including phenoxy) is 3. The molecule has 1 rings (SSSR count). The SMILES string of the molecule is COCCCOCCOCCNC1CCCCC1C. The fourth-order valence-corrected chi connectivity index (χ4v) is 2.56. The average Bonchev–Trinajstić information content (AvgIpc) is 2.43. The van der Waals surface area contributed by atoms with Crippen molar-refractivity contribution in [2.75, 3.05) is 46.7 Å². The normalized spacial score (nSPS) is 23.7.